The summed E-state index contributed by atoms with van der Waals surface area (Å²) < 4.78 is 13.5. The number of anilines is 1. The largest absolute Gasteiger partial charge is 0.378 e. The van der Waals surface area contributed by atoms with Gasteiger partial charge in [-0.15, -0.1) is 0 Å². The van der Waals surface area contributed by atoms with E-state index in [0.717, 1.165) is 22.6 Å². The van der Waals surface area contributed by atoms with E-state index in [9.17, 15) is 4.39 Å². The molecule has 0 aliphatic rings. The Bertz CT molecular complexity index is 517. The van der Waals surface area contributed by atoms with Crippen LogP contribution in [0.4, 0.5) is 10.1 Å². The van der Waals surface area contributed by atoms with Crippen LogP contribution in [0.15, 0.2) is 22.7 Å². The smallest absolute Gasteiger partial charge is 0.137 e. The maximum Gasteiger partial charge on any atom is 0.137 e. The van der Waals surface area contributed by atoms with Crippen molar-refractivity contribution in [3.63, 3.8) is 0 Å². The van der Waals surface area contributed by atoms with E-state index in [4.69, 9.17) is 0 Å². The molecule has 17 heavy (non-hydrogen) atoms. The van der Waals surface area contributed by atoms with Crippen LogP contribution in [0, 0.1) is 19.7 Å². The van der Waals surface area contributed by atoms with Crippen LogP contribution in [0.1, 0.15) is 17.0 Å². The average Bonchev–Trinajstić information content (AvgIpc) is 2.61. The van der Waals surface area contributed by atoms with Gasteiger partial charge in [0.15, 0.2) is 0 Å². The minimum absolute atomic E-state index is 0.246. The zero-order chi connectivity index (χ0) is 12.4. The van der Waals surface area contributed by atoms with Crippen molar-refractivity contribution in [2.75, 3.05) is 5.32 Å². The molecule has 0 spiro atoms. The Morgan fingerprint density at radius 1 is 1.41 bits per heavy atom. The molecule has 0 unspecified atom stereocenters. The monoisotopic (exact) mass is 297 g/mol. The molecule has 90 valence electrons. The molecule has 5 heteroatoms. The third-order valence-electron chi connectivity index (χ3n) is 2.58. The molecule has 0 bridgehead atoms. The number of halogens is 2. The van der Waals surface area contributed by atoms with Gasteiger partial charge in [-0.2, -0.15) is 5.10 Å². The lowest BCUT2D eigenvalue weighted by molar-refractivity contribution is 0.620. The second-order valence-corrected chi connectivity index (χ2v) is 4.77. The van der Waals surface area contributed by atoms with Crippen LogP contribution in [-0.2, 0) is 6.54 Å². The average molecular weight is 298 g/mol. The van der Waals surface area contributed by atoms with Gasteiger partial charge < -0.3 is 5.32 Å². The first-order valence-corrected chi connectivity index (χ1v) is 6.06. The molecule has 0 fully saturated rings. The lowest BCUT2D eigenvalue weighted by atomic mass is 10.2. The molecule has 1 aromatic carbocycles. The summed E-state index contributed by atoms with van der Waals surface area (Å²) in [5.41, 5.74) is 3.95. The number of benzene rings is 1. The van der Waals surface area contributed by atoms with Crippen molar-refractivity contribution in [3.05, 3.63) is 45.4 Å². The fourth-order valence-electron chi connectivity index (χ4n) is 1.65. The lowest BCUT2D eigenvalue weighted by Gasteiger charge is -2.07. The number of hydrogen-bond acceptors (Lipinski definition) is 2. The first-order chi connectivity index (χ1) is 8.08. The highest BCUT2D eigenvalue weighted by molar-refractivity contribution is 9.10. The Hall–Kier alpha value is -1.36. The molecule has 0 atom stereocenters. The standard InChI is InChI=1S/C12H13BrFN3/c1-7-12(8(2)17-16-7)15-6-9-3-4-11(14)10(13)5-9/h3-5,15H,6H2,1-2H3,(H,16,17). The lowest BCUT2D eigenvalue weighted by Crippen LogP contribution is -2.01. The Balaban J connectivity index is 2.10. The number of aromatic nitrogens is 2. The molecule has 2 aromatic rings. The zero-order valence-electron chi connectivity index (χ0n) is 9.64. The molecular weight excluding hydrogens is 285 g/mol. The second-order valence-electron chi connectivity index (χ2n) is 3.91. The molecule has 1 heterocycles. The van der Waals surface area contributed by atoms with Gasteiger partial charge in [0.2, 0.25) is 0 Å². The van der Waals surface area contributed by atoms with Gasteiger partial charge in [0.05, 0.1) is 21.5 Å². The number of aryl methyl sites for hydroxylation is 2. The van der Waals surface area contributed by atoms with Crippen LogP contribution < -0.4 is 5.32 Å². The summed E-state index contributed by atoms with van der Waals surface area (Å²) in [6, 6.07) is 4.99. The molecule has 0 aliphatic carbocycles. The van der Waals surface area contributed by atoms with Crippen LogP contribution in [0.2, 0.25) is 0 Å². The second kappa shape index (κ2) is 4.87. The minimum atomic E-state index is -0.246. The quantitative estimate of drug-likeness (QED) is 0.910. The van der Waals surface area contributed by atoms with E-state index >= 15 is 0 Å². The van der Waals surface area contributed by atoms with Crippen molar-refractivity contribution in [1.82, 2.24) is 10.2 Å². The Morgan fingerprint density at radius 2 is 2.18 bits per heavy atom. The molecule has 2 rings (SSSR count). The number of aromatic amines is 1. The van der Waals surface area contributed by atoms with Crippen molar-refractivity contribution >= 4 is 21.6 Å². The number of H-pyrrole nitrogens is 1. The van der Waals surface area contributed by atoms with Gasteiger partial charge in [-0.05, 0) is 47.5 Å². The summed E-state index contributed by atoms with van der Waals surface area (Å²) in [6.07, 6.45) is 0. The van der Waals surface area contributed by atoms with Gasteiger partial charge in [0, 0.05) is 6.54 Å². The topological polar surface area (TPSA) is 40.7 Å². The van der Waals surface area contributed by atoms with E-state index in [0.29, 0.717) is 11.0 Å². The summed E-state index contributed by atoms with van der Waals surface area (Å²) in [7, 11) is 0. The van der Waals surface area contributed by atoms with E-state index in [1.807, 2.05) is 13.8 Å². The van der Waals surface area contributed by atoms with Crippen LogP contribution in [0.5, 0.6) is 0 Å². The van der Waals surface area contributed by atoms with Crippen LogP contribution in [0.3, 0.4) is 0 Å². The normalized spacial score (nSPS) is 10.6. The molecule has 2 N–H and O–H groups in total. The van der Waals surface area contributed by atoms with E-state index in [2.05, 4.69) is 31.4 Å². The summed E-state index contributed by atoms with van der Waals surface area (Å²) in [5, 5.41) is 10.3. The third-order valence-corrected chi connectivity index (χ3v) is 3.19. The Labute approximate surface area is 108 Å². The molecule has 0 radical (unpaired) electrons. The predicted octanol–water partition coefficient (Wildman–Crippen LogP) is 3.54. The number of hydrogen-bond donors (Lipinski definition) is 2. The molecule has 0 saturated heterocycles. The predicted molar refractivity (Wildman–Crippen MR) is 69.5 cm³/mol. The van der Waals surface area contributed by atoms with Crippen LogP contribution >= 0.6 is 15.9 Å². The van der Waals surface area contributed by atoms with E-state index in [-0.39, 0.29) is 5.82 Å². The van der Waals surface area contributed by atoms with Crippen molar-refractivity contribution in [2.45, 2.75) is 20.4 Å². The van der Waals surface area contributed by atoms with Gasteiger partial charge in [0.1, 0.15) is 5.82 Å². The van der Waals surface area contributed by atoms with Crippen LogP contribution in [-0.4, -0.2) is 10.2 Å². The van der Waals surface area contributed by atoms with Crippen molar-refractivity contribution in [2.24, 2.45) is 0 Å². The summed E-state index contributed by atoms with van der Waals surface area (Å²) in [4.78, 5) is 0. The van der Waals surface area contributed by atoms with Crippen molar-refractivity contribution in [1.29, 1.82) is 0 Å². The van der Waals surface area contributed by atoms with Gasteiger partial charge in [-0.3, -0.25) is 5.10 Å². The summed E-state index contributed by atoms with van der Waals surface area (Å²) >= 11 is 3.17. The van der Waals surface area contributed by atoms with E-state index in [1.165, 1.54) is 6.07 Å². The molecular formula is C12H13BrFN3. The zero-order valence-corrected chi connectivity index (χ0v) is 11.2. The first-order valence-electron chi connectivity index (χ1n) is 5.27. The summed E-state index contributed by atoms with van der Waals surface area (Å²) in [6.45, 7) is 4.54. The fourth-order valence-corrected chi connectivity index (χ4v) is 2.08. The highest BCUT2D eigenvalue weighted by Gasteiger charge is 2.06. The highest BCUT2D eigenvalue weighted by atomic mass is 79.9. The summed E-state index contributed by atoms with van der Waals surface area (Å²) in [5.74, 6) is -0.246. The fraction of sp³-hybridized carbons (Fsp3) is 0.250. The van der Waals surface area contributed by atoms with Crippen LogP contribution in [0.25, 0.3) is 0 Å². The first kappa shape index (κ1) is 12.1. The van der Waals surface area contributed by atoms with Gasteiger partial charge >= 0.3 is 0 Å². The van der Waals surface area contributed by atoms with Gasteiger partial charge in [-0.25, -0.2) is 4.39 Å². The number of nitrogens with one attached hydrogen (secondary N) is 2. The molecule has 0 amide bonds. The van der Waals surface area contributed by atoms with Gasteiger partial charge in [-0.1, -0.05) is 6.07 Å². The minimum Gasteiger partial charge on any atom is -0.378 e. The van der Waals surface area contributed by atoms with E-state index < -0.39 is 0 Å². The van der Waals surface area contributed by atoms with Gasteiger partial charge in [0.25, 0.3) is 0 Å². The molecule has 3 nitrogen and oxygen atoms in total. The molecule has 0 saturated carbocycles. The molecule has 0 aliphatic heterocycles. The highest BCUT2D eigenvalue weighted by Crippen LogP contribution is 2.20. The number of nitrogens with zero attached hydrogens (tertiary/aromatic N) is 1. The maximum absolute atomic E-state index is 13.1. The Kier molecular flexibility index (Phi) is 3.47. The maximum atomic E-state index is 13.1. The third kappa shape index (κ3) is 2.66. The molecule has 1 aromatic heterocycles. The Morgan fingerprint density at radius 3 is 2.76 bits per heavy atom. The number of rotatable bonds is 3. The van der Waals surface area contributed by atoms with E-state index in [1.54, 1.807) is 12.1 Å². The van der Waals surface area contributed by atoms with Crippen molar-refractivity contribution in [3.8, 4) is 0 Å². The van der Waals surface area contributed by atoms with Crippen molar-refractivity contribution < 1.29 is 4.39 Å². The SMILES string of the molecule is Cc1n[nH]c(C)c1NCc1ccc(F)c(Br)c1.